The molecule has 0 aromatic heterocycles. The molecule has 0 aliphatic rings. The maximum atomic E-state index is 11.2. The van der Waals surface area contributed by atoms with Crippen molar-refractivity contribution in [3.05, 3.63) is 17.1 Å². The Balaban J connectivity index is 4.14. The molecule has 2 N–H and O–H groups in total. The van der Waals surface area contributed by atoms with Crippen LogP contribution in [-0.4, -0.2) is 18.2 Å². The lowest BCUT2D eigenvalue weighted by Gasteiger charge is -2.37. The Morgan fingerprint density at radius 1 is 1.78 bits per heavy atom. The number of nitrogens with zero attached hydrogens (tertiary/aromatic N) is 1. The minimum absolute atomic E-state index is 0.365. The first-order chi connectivity index (χ1) is 4.04. The molecule has 0 saturated heterocycles. The van der Waals surface area contributed by atoms with E-state index in [4.69, 9.17) is 5.73 Å². The Morgan fingerprint density at radius 3 is 2.33 bits per heavy atom. The SMILES string of the molecule is CC[N+](C)([O-])/C(C)=C\N. The number of quaternary nitrogens is 1. The van der Waals surface area contributed by atoms with E-state index < -0.39 is 0 Å². The van der Waals surface area contributed by atoms with E-state index in [2.05, 4.69) is 0 Å². The standard InChI is InChI=1S/C6H14N2O/c1-4-8(3,9)6(2)5-7/h5H,4,7H2,1-3H3/b6-5-. The second kappa shape index (κ2) is 2.85. The zero-order valence-electron chi connectivity index (χ0n) is 6.22. The fourth-order valence-electron chi connectivity index (χ4n) is 0.407. The second-order valence-electron chi connectivity index (χ2n) is 2.23. The minimum Gasteiger partial charge on any atom is -0.628 e. The molecule has 1 atom stereocenters. The maximum Gasteiger partial charge on any atom is 0.121 e. The molecule has 0 radical (unpaired) electrons. The van der Waals surface area contributed by atoms with Gasteiger partial charge in [0.2, 0.25) is 0 Å². The summed E-state index contributed by atoms with van der Waals surface area (Å²) in [5, 5.41) is 11.2. The highest BCUT2D eigenvalue weighted by atomic mass is 16.5. The molecular formula is C6H14N2O. The van der Waals surface area contributed by atoms with Crippen LogP contribution in [0.1, 0.15) is 13.8 Å². The summed E-state index contributed by atoms with van der Waals surface area (Å²) in [5.74, 6) is 0. The van der Waals surface area contributed by atoms with Gasteiger partial charge in [-0.25, -0.2) is 0 Å². The molecule has 0 aromatic carbocycles. The van der Waals surface area contributed by atoms with Crippen LogP contribution < -0.4 is 5.73 Å². The molecule has 3 heteroatoms. The van der Waals surface area contributed by atoms with Crippen LogP contribution in [0.5, 0.6) is 0 Å². The Labute approximate surface area is 55.9 Å². The summed E-state index contributed by atoms with van der Waals surface area (Å²) in [6.07, 6.45) is 1.36. The fourth-order valence-corrected chi connectivity index (χ4v) is 0.407. The first-order valence-corrected chi connectivity index (χ1v) is 3.00. The van der Waals surface area contributed by atoms with Crippen molar-refractivity contribution >= 4 is 0 Å². The fraction of sp³-hybridized carbons (Fsp3) is 0.667. The molecule has 0 heterocycles. The van der Waals surface area contributed by atoms with Gasteiger partial charge in [0, 0.05) is 6.92 Å². The maximum absolute atomic E-state index is 11.2. The third-order valence-electron chi connectivity index (χ3n) is 1.59. The predicted molar refractivity (Wildman–Crippen MR) is 38.0 cm³/mol. The van der Waals surface area contributed by atoms with Crippen molar-refractivity contribution in [2.24, 2.45) is 5.73 Å². The van der Waals surface area contributed by atoms with Gasteiger partial charge in [-0.2, -0.15) is 0 Å². The van der Waals surface area contributed by atoms with Crippen LogP contribution in [-0.2, 0) is 0 Å². The van der Waals surface area contributed by atoms with Crippen LogP contribution in [0.2, 0.25) is 0 Å². The highest BCUT2D eigenvalue weighted by molar-refractivity contribution is 4.84. The van der Waals surface area contributed by atoms with Crippen molar-refractivity contribution in [2.75, 3.05) is 13.6 Å². The Hall–Kier alpha value is -0.540. The van der Waals surface area contributed by atoms with Gasteiger partial charge in [-0.15, -0.1) is 0 Å². The van der Waals surface area contributed by atoms with E-state index >= 15 is 0 Å². The first-order valence-electron chi connectivity index (χ1n) is 3.00. The summed E-state index contributed by atoms with van der Waals surface area (Å²) in [5.41, 5.74) is 5.81. The lowest BCUT2D eigenvalue weighted by molar-refractivity contribution is -0.819. The summed E-state index contributed by atoms with van der Waals surface area (Å²) in [6, 6.07) is 0. The zero-order valence-corrected chi connectivity index (χ0v) is 6.22. The summed E-state index contributed by atoms with van der Waals surface area (Å²) in [6.45, 7) is 4.09. The van der Waals surface area contributed by atoms with Crippen molar-refractivity contribution in [3.8, 4) is 0 Å². The van der Waals surface area contributed by atoms with Gasteiger partial charge in [0.1, 0.15) is 5.70 Å². The van der Waals surface area contributed by atoms with Crippen molar-refractivity contribution in [2.45, 2.75) is 13.8 Å². The largest absolute Gasteiger partial charge is 0.628 e. The highest BCUT2D eigenvalue weighted by Crippen LogP contribution is 2.08. The molecule has 0 aliphatic heterocycles. The lowest BCUT2D eigenvalue weighted by atomic mass is 10.4. The van der Waals surface area contributed by atoms with Crippen molar-refractivity contribution in [3.63, 3.8) is 0 Å². The minimum atomic E-state index is -0.365. The monoisotopic (exact) mass is 130 g/mol. The van der Waals surface area contributed by atoms with E-state index in [-0.39, 0.29) is 4.65 Å². The molecule has 0 aromatic rings. The molecule has 9 heavy (non-hydrogen) atoms. The molecule has 3 nitrogen and oxygen atoms in total. The van der Waals surface area contributed by atoms with Gasteiger partial charge in [-0.1, -0.05) is 0 Å². The molecule has 0 saturated carbocycles. The third-order valence-corrected chi connectivity index (χ3v) is 1.59. The van der Waals surface area contributed by atoms with E-state index in [1.165, 1.54) is 6.20 Å². The molecular weight excluding hydrogens is 116 g/mol. The van der Waals surface area contributed by atoms with Gasteiger partial charge in [0.15, 0.2) is 0 Å². The molecule has 0 spiro atoms. The number of hydrogen-bond acceptors (Lipinski definition) is 2. The van der Waals surface area contributed by atoms with Crippen molar-refractivity contribution in [1.29, 1.82) is 0 Å². The van der Waals surface area contributed by atoms with Crippen molar-refractivity contribution in [1.82, 2.24) is 0 Å². The number of hydroxylamine groups is 3. The highest BCUT2D eigenvalue weighted by Gasteiger charge is 2.07. The van der Waals surface area contributed by atoms with Gasteiger partial charge in [0.25, 0.3) is 0 Å². The number of nitrogens with two attached hydrogens (primary N) is 1. The van der Waals surface area contributed by atoms with E-state index in [1.807, 2.05) is 6.92 Å². The van der Waals surface area contributed by atoms with Crippen LogP contribution in [0.25, 0.3) is 0 Å². The van der Waals surface area contributed by atoms with E-state index in [1.54, 1.807) is 14.0 Å². The van der Waals surface area contributed by atoms with E-state index in [0.29, 0.717) is 12.2 Å². The Kier molecular flexibility index (Phi) is 2.67. The zero-order chi connectivity index (χ0) is 7.49. The Morgan fingerprint density at radius 2 is 2.22 bits per heavy atom. The molecule has 1 unspecified atom stereocenters. The number of hydrogen-bond donors (Lipinski definition) is 1. The van der Waals surface area contributed by atoms with Crippen LogP contribution in [0.3, 0.4) is 0 Å². The average molecular weight is 130 g/mol. The van der Waals surface area contributed by atoms with Crippen LogP contribution in [0.15, 0.2) is 11.9 Å². The molecule has 0 amide bonds. The van der Waals surface area contributed by atoms with Crippen LogP contribution >= 0.6 is 0 Å². The smallest absolute Gasteiger partial charge is 0.121 e. The average Bonchev–Trinajstić information content (AvgIpc) is 1.86. The summed E-state index contributed by atoms with van der Waals surface area (Å²) >= 11 is 0. The van der Waals surface area contributed by atoms with Gasteiger partial charge in [0.05, 0.1) is 19.8 Å². The molecule has 54 valence electrons. The first kappa shape index (κ1) is 8.46. The van der Waals surface area contributed by atoms with E-state index in [9.17, 15) is 5.21 Å². The summed E-state index contributed by atoms with van der Waals surface area (Å²) in [4.78, 5) is 0. The normalized spacial score (nSPS) is 19.3. The van der Waals surface area contributed by atoms with Gasteiger partial charge >= 0.3 is 0 Å². The topological polar surface area (TPSA) is 49.1 Å². The summed E-state index contributed by atoms with van der Waals surface area (Å²) in [7, 11) is 1.58. The van der Waals surface area contributed by atoms with Crippen molar-refractivity contribution < 1.29 is 4.65 Å². The van der Waals surface area contributed by atoms with Crippen LogP contribution in [0.4, 0.5) is 0 Å². The van der Waals surface area contributed by atoms with Crippen LogP contribution in [0, 0.1) is 5.21 Å². The molecule has 0 fully saturated rings. The van der Waals surface area contributed by atoms with Gasteiger partial charge < -0.3 is 15.6 Å². The van der Waals surface area contributed by atoms with E-state index in [0.717, 1.165) is 0 Å². The molecule has 0 bridgehead atoms. The number of allylic oxidation sites excluding steroid dienone is 1. The quantitative estimate of drug-likeness (QED) is 0.443. The molecule has 0 rings (SSSR count). The second-order valence-corrected chi connectivity index (χ2v) is 2.23. The lowest BCUT2D eigenvalue weighted by Crippen LogP contribution is -2.35. The predicted octanol–water partition coefficient (Wildman–Crippen LogP) is 0.771. The summed E-state index contributed by atoms with van der Waals surface area (Å²) < 4.78 is -0.365. The van der Waals surface area contributed by atoms with Gasteiger partial charge in [-0.05, 0) is 6.92 Å². The Bertz CT molecular complexity index is 118. The third kappa shape index (κ3) is 2.03. The van der Waals surface area contributed by atoms with Gasteiger partial charge in [-0.3, -0.25) is 0 Å². The molecule has 0 aliphatic carbocycles. The number of rotatable bonds is 2.